The van der Waals surface area contributed by atoms with E-state index in [2.05, 4.69) is 10.3 Å². The smallest absolute Gasteiger partial charge is 0.406 e. The van der Waals surface area contributed by atoms with Crippen LogP contribution < -0.4 is 10.1 Å². The van der Waals surface area contributed by atoms with Crippen LogP contribution in [0.5, 0.6) is 5.75 Å². The Morgan fingerprint density at radius 3 is 2.46 bits per heavy atom. The Morgan fingerprint density at radius 1 is 1.21 bits per heavy atom. The Kier molecular flexibility index (Phi) is 5.83. The summed E-state index contributed by atoms with van der Waals surface area (Å²) in [6.45, 7) is 3.70. The summed E-state index contributed by atoms with van der Waals surface area (Å²) in [6, 6.07) is 8.81. The first-order valence-corrected chi connectivity index (χ1v) is 7.69. The number of aromatic nitrogens is 1. The van der Waals surface area contributed by atoms with Gasteiger partial charge in [0, 0.05) is 5.69 Å². The lowest BCUT2D eigenvalue weighted by molar-refractivity contribution is -0.390. The molecule has 2 rings (SSSR count). The number of carbonyl (C=O) groups is 1. The van der Waals surface area contributed by atoms with E-state index >= 15 is 0 Å². The second kappa shape index (κ2) is 8.05. The molecule has 0 bridgehead atoms. The highest BCUT2D eigenvalue weighted by Gasteiger charge is 2.17. The van der Waals surface area contributed by atoms with Gasteiger partial charge in [-0.3, -0.25) is 4.79 Å². The molecule has 0 saturated carbocycles. The molecule has 1 N–H and O–H groups in total. The van der Waals surface area contributed by atoms with E-state index in [-0.39, 0.29) is 18.3 Å². The van der Waals surface area contributed by atoms with Crippen LogP contribution in [-0.2, 0) is 17.6 Å². The monoisotopic (exact) mass is 329 g/mol. The maximum Gasteiger partial charge on any atom is 0.406 e. The lowest BCUT2D eigenvalue weighted by atomic mass is 10.0. The van der Waals surface area contributed by atoms with E-state index in [9.17, 15) is 14.9 Å². The average Bonchev–Trinajstić information content (AvgIpc) is 2.60. The quantitative estimate of drug-likeness (QED) is 0.622. The molecule has 0 aliphatic carbocycles. The molecular weight excluding hydrogens is 310 g/mol. The minimum Gasteiger partial charge on any atom is -0.476 e. The van der Waals surface area contributed by atoms with E-state index in [4.69, 9.17) is 4.74 Å². The number of carbonyl (C=O) groups excluding carboxylic acids is 1. The van der Waals surface area contributed by atoms with Gasteiger partial charge in [0.1, 0.15) is 6.20 Å². The molecule has 0 radical (unpaired) electrons. The van der Waals surface area contributed by atoms with Crippen molar-refractivity contribution < 1.29 is 14.5 Å². The summed E-state index contributed by atoms with van der Waals surface area (Å²) in [5.74, 6) is -0.811. The molecular formula is C17H19N3O4. The van der Waals surface area contributed by atoms with Crippen molar-refractivity contribution in [2.45, 2.75) is 26.7 Å². The van der Waals surface area contributed by atoms with Gasteiger partial charge in [-0.1, -0.05) is 32.0 Å². The zero-order valence-electron chi connectivity index (χ0n) is 13.6. The third-order valence-electron chi connectivity index (χ3n) is 3.55. The van der Waals surface area contributed by atoms with Crippen LogP contribution in [0, 0.1) is 10.1 Å². The number of nitro groups is 1. The maximum atomic E-state index is 12.2. The molecule has 7 heteroatoms. The fourth-order valence-corrected chi connectivity index (χ4v) is 2.35. The first kappa shape index (κ1) is 17.4. The molecule has 0 fully saturated rings. The molecule has 1 heterocycles. The Hall–Kier alpha value is -2.96. The first-order chi connectivity index (χ1) is 11.6. The summed E-state index contributed by atoms with van der Waals surface area (Å²) in [5.41, 5.74) is 2.86. The third kappa shape index (κ3) is 4.07. The third-order valence-corrected chi connectivity index (χ3v) is 3.55. The Bertz CT molecular complexity index is 724. The van der Waals surface area contributed by atoms with Gasteiger partial charge in [-0.2, -0.15) is 0 Å². The highest BCUT2D eigenvalue weighted by molar-refractivity contribution is 5.93. The number of anilines is 1. The summed E-state index contributed by atoms with van der Waals surface area (Å²) in [5, 5.41) is 13.7. The van der Waals surface area contributed by atoms with Gasteiger partial charge in [-0.15, -0.1) is 0 Å². The van der Waals surface area contributed by atoms with E-state index in [1.807, 2.05) is 32.0 Å². The lowest BCUT2D eigenvalue weighted by Crippen LogP contribution is -2.22. The number of pyridine rings is 1. The molecule has 0 saturated heterocycles. The predicted molar refractivity (Wildman–Crippen MR) is 90.2 cm³/mol. The normalized spacial score (nSPS) is 10.2. The molecule has 24 heavy (non-hydrogen) atoms. The van der Waals surface area contributed by atoms with Crippen molar-refractivity contribution in [3.63, 3.8) is 0 Å². The molecule has 0 spiro atoms. The van der Waals surface area contributed by atoms with Gasteiger partial charge in [0.05, 0.1) is 0 Å². The molecule has 7 nitrogen and oxygen atoms in total. The fraction of sp³-hybridized carbons (Fsp3) is 0.294. The van der Waals surface area contributed by atoms with Crippen molar-refractivity contribution in [2.24, 2.45) is 0 Å². The van der Waals surface area contributed by atoms with Gasteiger partial charge in [-0.05, 0) is 46.0 Å². The van der Waals surface area contributed by atoms with E-state index < -0.39 is 10.7 Å². The molecule has 0 atom stereocenters. The molecule has 1 amide bonds. The standard InChI is InChI=1S/C17H19N3O4/c1-3-12-7-5-8-13(4-2)16(12)19-15(21)11-24-14-9-6-10-18-17(14)20(22)23/h5-10H,3-4,11H2,1-2H3,(H,19,21). The largest absolute Gasteiger partial charge is 0.476 e. The number of ether oxygens (including phenoxy) is 1. The van der Waals surface area contributed by atoms with Gasteiger partial charge in [-0.25, -0.2) is 0 Å². The van der Waals surface area contributed by atoms with Crippen molar-refractivity contribution in [1.29, 1.82) is 0 Å². The van der Waals surface area contributed by atoms with Crippen molar-refractivity contribution in [3.05, 3.63) is 57.8 Å². The Balaban J connectivity index is 2.09. The van der Waals surface area contributed by atoms with E-state index in [1.165, 1.54) is 18.3 Å². The number of benzene rings is 1. The average molecular weight is 329 g/mol. The lowest BCUT2D eigenvalue weighted by Gasteiger charge is -2.14. The fourth-order valence-electron chi connectivity index (χ4n) is 2.35. The SMILES string of the molecule is CCc1cccc(CC)c1NC(=O)COc1cccnc1[N+](=O)[O-]. The topological polar surface area (TPSA) is 94.4 Å². The van der Waals surface area contributed by atoms with E-state index in [0.29, 0.717) is 0 Å². The van der Waals surface area contributed by atoms with Crippen molar-refractivity contribution >= 4 is 17.4 Å². The zero-order valence-corrected chi connectivity index (χ0v) is 13.6. The van der Waals surface area contributed by atoms with Crippen LogP contribution in [0.2, 0.25) is 0 Å². The Morgan fingerprint density at radius 2 is 1.88 bits per heavy atom. The minimum absolute atomic E-state index is 0.0304. The van der Waals surface area contributed by atoms with Crippen LogP contribution in [0.4, 0.5) is 11.5 Å². The predicted octanol–water partition coefficient (Wildman–Crippen LogP) is 3.13. The number of para-hydroxylation sites is 1. The summed E-state index contributed by atoms with van der Waals surface area (Å²) in [6.07, 6.45) is 2.88. The summed E-state index contributed by atoms with van der Waals surface area (Å²) >= 11 is 0. The van der Waals surface area contributed by atoms with E-state index in [0.717, 1.165) is 29.7 Å². The van der Waals surface area contributed by atoms with Crippen LogP contribution in [0.1, 0.15) is 25.0 Å². The second-order valence-electron chi connectivity index (χ2n) is 5.08. The number of hydrogen-bond donors (Lipinski definition) is 1. The molecule has 126 valence electrons. The zero-order chi connectivity index (χ0) is 17.5. The highest BCUT2D eigenvalue weighted by Crippen LogP contribution is 2.24. The summed E-state index contributed by atoms with van der Waals surface area (Å²) in [4.78, 5) is 26.1. The van der Waals surface area contributed by atoms with Crippen molar-refractivity contribution in [2.75, 3.05) is 11.9 Å². The number of hydrogen-bond acceptors (Lipinski definition) is 5. The van der Waals surface area contributed by atoms with Gasteiger partial charge in [0.25, 0.3) is 5.91 Å². The van der Waals surface area contributed by atoms with Crippen LogP contribution in [0.3, 0.4) is 0 Å². The molecule has 0 aliphatic rings. The van der Waals surface area contributed by atoms with Crippen LogP contribution in [-0.4, -0.2) is 22.4 Å². The van der Waals surface area contributed by atoms with E-state index in [1.54, 1.807) is 0 Å². The van der Waals surface area contributed by atoms with Gasteiger partial charge in [0.15, 0.2) is 6.61 Å². The number of nitrogens with one attached hydrogen (secondary N) is 1. The van der Waals surface area contributed by atoms with Crippen LogP contribution in [0.25, 0.3) is 0 Å². The van der Waals surface area contributed by atoms with Crippen molar-refractivity contribution in [3.8, 4) is 5.75 Å². The molecule has 1 aromatic heterocycles. The number of rotatable bonds is 7. The molecule has 1 aromatic carbocycles. The first-order valence-electron chi connectivity index (χ1n) is 7.69. The van der Waals surface area contributed by atoms with Crippen molar-refractivity contribution in [1.82, 2.24) is 4.98 Å². The maximum absolute atomic E-state index is 12.2. The molecule has 2 aromatic rings. The van der Waals surface area contributed by atoms with Gasteiger partial charge < -0.3 is 20.2 Å². The minimum atomic E-state index is -0.644. The van der Waals surface area contributed by atoms with Gasteiger partial charge >= 0.3 is 5.82 Å². The van der Waals surface area contributed by atoms with Crippen LogP contribution in [0.15, 0.2) is 36.5 Å². The second-order valence-corrected chi connectivity index (χ2v) is 5.08. The van der Waals surface area contributed by atoms with Gasteiger partial charge in [0.2, 0.25) is 5.75 Å². The number of amides is 1. The summed E-state index contributed by atoms with van der Waals surface area (Å²) < 4.78 is 5.26. The Labute approximate surface area is 139 Å². The number of aryl methyl sites for hydroxylation is 2. The molecule has 0 aliphatic heterocycles. The summed E-state index contributed by atoms with van der Waals surface area (Å²) in [7, 11) is 0. The number of nitrogens with zero attached hydrogens (tertiary/aromatic N) is 2. The highest BCUT2D eigenvalue weighted by atomic mass is 16.6. The molecule has 0 unspecified atom stereocenters. The van der Waals surface area contributed by atoms with Crippen LogP contribution >= 0.6 is 0 Å².